The summed E-state index contributed by atoms with van der Waals surface area (Å²) in [6, 6.07) is 7.68. The molecule has 1 aromatic rings. The summed E-state index contributed by atoms with van der Waals surface area (Å²) >= 11 is 0. The van der Waals surface area contributed by atoms with Gasteiger partial charge in [0.2, 0.25) is 5.91 Å². The molecule has 4 nitrogen and oxygen atoms in total. The molecular weight excluding hydrogens is 264 g/mol. The first kappa shape index (κ1) is 16.0. The van der Waals surface area contributed by atoms with Crippen molar-refractivity contribution >= 4 is 11.6 Å². The third-order valence-electron chi connectivity index (χ3n) is 4.59. The molecule has 0 aliphatic carbocycles. The van der Waals surface area contributed by atoms with Crippen molar-refractivity contribution in [3.63, 3.8) is 0 Å². The van der Waals surface area contributed by atoms with Gasteiger partial charge in [0, 0.05) is 5.69 Å². The van der Waals surface area contributed by atoms with Crippen LogP contribution in [0.2, 0.25) is 0 Å². The fourth-order valence-electron chi connectivity index (χ4n) is 2.91. The van der Waals surface area contributed by atoms with E-state index in [1.165, 1.54) is 0 Å². The predicted molar refractivity (Wildman–Crippen MR) is 85.2 cm³/mol. The van der Waals surface area contributed by atoms with E-state index in [0.717, 1.165) is 37.2 Å². The zero-order chi connectivity index (χ0) is 15.4. The molecule has 1 heterocycles. The molecule has 0 saturated carbocycles. The fourth-order valence-corrected chi connectivity index (χ4v) is 2.91. The number of piperidine rings is 1. The maximum Gasteiger partial charge on any atom is 0.241 e. The molecule has 4 heteroatoms. The standard InChI is InChI=1S/C17H26N2O2/c1-12-6-4-5-7-16(12)18-17(21)13(2)19-10-8-15(9-11-19)14(3)20/h4-7,13-15,20H,8-11H2,1-3H3,(H,18,21). The molecule has 116 valence electrons. The van der Waals surface area contributed by atoms with Crippen LogP contribution < -0.4 is 5.32 Å². The number of rotatable bonds is 4. The molecule has 0 aromatic heterocycles. The molecule has 1 amide bonds. The van der Waals surface area contributed by atoms with Crippen LogP contribution in [0.1, 0.15) is 32.3 Å². The number of nitrogens with one attached hydrogen (secondary N) is 1. The quantitative estimate of drug-likeness (QED) is 0.895. The van der Waals surface area contributed by atoms with Crippen LogP contribution in [-0.4, -0.2) is 41.1 Å². The molecule has 0 spiro atoms. The Kier molecular flexibility index (Phi) is 5.37. The number of carbonyl (C=O) groups excluding carboxylic acids is 1. The molecule has 2 unspecified atom stereocenters. The van der Waals surface area contributed by atoms with Crippen molar-refractivity contribution in [1.29, 1.82) is 0 Å². The lowest BCUT2D eigenvalue weighted by molar-refractivity contribution is -0.121. The third-order valence-corrected chi connectivity index (χ3v) is 4.59. The summed E-state index contributed by atoms with van der Waals surface area (Å²) in [5.41, 5.74) is 1.96. The minimum atomic E-state index is -0.247. The van der Waals surface area contributed by atoms with Crippen molar-refractivity contribution in [3.8, 4) is 0 Å². The summed E-state index contributed by atoms with van der Waals surface area (Å²) in [6.45, 7) is 7.55. The SMILES string of the molecule is Cc1ccccc1NC(=O)C(C)N1CCC(C(C)O)CC1. The number of benzene rings is 1. The van der Waals surface area contributed by atoms with E-state index in [1.54, 1.807) is 0 Å². The summed E-state index contributed by atoms with van der Waals surface area (Å²) in [5, 5.41) is 12.7. The number of nitrogens with zero attached hydrogens (tertiary/aromatic N) is 1. The Balaban J connectivity index is 1.90. The second kappa shape index (κ2) is 7.05. The van der Waals surface area contributed by atoms with Crippen LogP contribution in [0.5, 0.6) is 0 Å². The van der Waals surface area contributed by atoms with Gasteiger partial charge in [-0.05, 0) is 64.3 Å². The van der Waals surface area contributed by atoms with Crippen LogP contribution in [0, 0.1) is 12.8 Å². The molecule has 2 rings (SSSR count). The van der Waals surface area contributed by atoms with Gasteiger partial charge in [-0.2, -0.15) is 0 Å². The van der Waals surface area contributed by atoms with E-state index in [4.69, 9.17) is 0 Å². The molecule has 1 saturated heterocycles. The van der Waals surface area contributed by atoms with Gasteiger partial charge >= 0.3 is 0 Å². The molecule has 1 aliphatic heterocycles. The van der Waals surface area contributed by atoms with E-state index in [0.29, 0.717) is 5.92 Å². The number of aliphatic hydroxyl groups excluding tert-OH is 1. The van der Waals surface area contributed by atoms with Crippen LogP contribution in [-0.2, 0) is 4.79 Å². The average Bonchev–Trinajstić information content (AvgIpc) is 2.49. The van der Waals surface area contributed by atoms with Crippen molar-refractivity contribution in [2.45, 2.75) is 45.8 Å². The second-order valence-corrected chi connectivity index (χ2v) is 6.09. The topological polar surface area (TPSA) is 52.6 Å². The molecule has 1 aliphatic rings. The number of carbonyl (C=O) groups is 1. The Morgan fingerprint density at radius 3 is 2.48 bits per heavy atom. The molecule has 2 atom stereocenters. The first-order valence-corrected chi connectivity index (χ1v) is 7.77. The van der Waals surface area contributed by atoms with Gasteiger partial charge in [0.25, 0.3) is 0 Å². The Morgan fingerprint density at radius 1 is 1.29 bits per heavy atom. The van der Waals surface area contributed by atoms with E-state index in [2.05, 4.69) is 10.2 Å². The molecule has 21 heavy (non-hydrogen) atoms. The minimum absolute atomic E-state index is 0.0415. The number of aliphatic hydroxyl groups is 1. The second-order valence-electron chi connectivity index (χ2n) is 6.09. The summed E-state index contributed by atoms with van der Waals surface area (Å²) in [6.07, 6.45) is 1.67. The van der Waals surface area contributed by atoms with Crippen LogP contribution in [0.3, 0.4) is 0 Å². The number of likely N-dealkylation sites (tertiary alicyclic amines) is 1. The average molecular weight is 290 g/mol. The lowest BCUT2D eigenvalue weighted by atomic mass is 9.91. The van der Waals surface area contributed by atoms with Gasteiger partial charge < -0.3 is 10.4 Å². The van der Waals surface area contributed by atoms with Gasteiger partial charge in [0.1, 0.15) is 0 Å². The fraction of sp³-hybridized carbons (Fsp3) is 0.588. The van der Waals surface area contributed by atoms with E-state index < -0.39 is 0 Å². The maximum atomic E-state index is 12.4. The van der Waals surface area contributed by atoms with Crippen molar-refractivity contribution in [1.82, 2.24) is 4.90 Å². The molecule has 2 N–H and O–H groups in total. The number of amides is 1. The summed E-state index contributed by atoms with van der Waals surface area (Å²) in [5.74, 6) is 0.410. The zero-order valence-electron chi connectivity index (χ0n) is 13.2. The highest BCUT2D eigenvalue weighted by molar-refractivity contribution is 5.95. The zero-order valence-corrected chi connectivity index (χ0v) is 13.2. The summed E-state index contributed by atoms with van der Waals surface area (Å²) < 4.78 is 0. The van der Waals surface area contributed by atoms with Crippen LogP contribution in [0.15, 0.2) is 24.3 Å². The highest BCUT2D eigenvalue weighted by Crippen LogP contribution is 2.22. The Morgan fingerprint density at radius 2 is 1.90 bits per heavy atom. The summed E-state index contributed by atoms with van der Waals surface area (Å²) in [7, 11) is 0. The van der Waals surface area contributed by atoms with Crippen molar-refractivity contribution < 1.29 is 9.90 Å². The number of hydrogen-bond acceptors (Lipinski definition) is 3. The van der Waals surface area contributed by atoms with Crippen molar-refractivity contribution in [2.75, 3.05) is 18.4 Å². The molecular formula is C17H26N2O2. The van der Waals surface area contributed by atoms with E-state index >= 15 is 0 Å². The largest absolute Gasteiger partial charge is 0.393 e. The molecule has 0 radical (unpaired) electrons. The molecule has 1 fully saturated rings. The number of anilines is 1. The third kappa shape index (κ3) is 4.05. The van der Waals surface area contributed by atoms with Crippen molar-refractivity contribution in [3.05, 3.63) is 29.8 Å². The lowest BCUT2D eigenvalue weighted by Gasteiger charge is -2.36. The first-order chi connectivity index (χ1) is 9.99. The monoisotopic (exact) mass is 290 g/mol. The number of hydrogen-bond donors (Lipinski definition) is 2. The van der Waals surface area contributed by atoms with Crippen LogP contribution >= 0.6 is 0 Å². The molecule has 1 aromatic carbocycles. The predicted octanol–water partition coefficient (Wildman–Crippen LogP) is 2.41. The highest BCUT2D eigenvalue weighted by atomic mass is 16.3. The highest BCUT2D eigenvalue weighted by Gasteiger charge is 2.28. The van der Waals surface area contributed by atoms with E-state index in [1.807, 2.05) is 45.0 Å². The van der Waals surface area contributed by atoms with Gasteiger partial charge in [-0.25, -0.2) is 0 Å². The van der Waals surface area contributed by atoms with Crippen molar-refractivity contribution in [2.24, 2.45) is 5.92 Å². The Labute approximate surface area is 127 Å². The first-order valence-electron chi connectivity index (χ1n) is 7.77. The van der Waals surface area contributed by atoms with E-state index in [-0.39, 0.29) is 18.1 Å². The smallest absolute Gasteiger partial charge is 0.241 e. The number of para-hydroxylation sites is 1. The van der Waals surface area contributed by atoms with E-state index in [9.17, 15) is 9.90 Å². The van der Waals surface area contributed by atoms with Gasteiger partial charge in [-0.1, -0.05) is 18.2 Å². The lowest BCUT2D eigenvalue weighted by Crippen LogP contribution is -2.47. The summed E-state index contributed by atoms with van der Waals surface area (Å²) in [4.78, 5) is 14.6. The maximum absolute atomic E-state index is 12.4. The Bertz CT molecular complexity index is 479. The van der Waals surface area contributed by atoms with Gasteiger partial charge in [-0.15, -0.1) is 0 Å². The van der Waals surface area contributed by atoms with Gasteiger partial charge in [0.05, 0.1) is 12.1 Å². The van der Waals surface area contributed by atoms with Gasteiger partial charge in [0.15, 0.2) is 0 Å². The molecule has 0 bridgehead atoms. The van der Waals surface area contributed by atoms with Crippen LogP contribution in [0.4, 0.5) is 5.69 Å². The number of aryl methyl sites for hydroxylation is 1. The minimum Gasteiger partial charge on any atom is -0.393 e. The normalized spacial score (nSPS) is 20.0. The van der Waals surface area contributed by atoms with Crippen LogP contribution in [0.25, 0.3) is 0 Å². The Hall–Kier alpha value is -1.39. The van der Waals surface area contributed by atoms with Gasteiger partial charge in [-0.3, -0.25) is 9.69 Å².